The molecule has 2 aromatic heterocycles. The summed E-state index contributed by atoms with van der Waals surface area (Å²) in [5.41, 5.74) is 0.977. The van der Waals surface area contributed by atoms with Crippen LogP contribution in [0.5, 0.6) is 0 Å². The highest BCUT2D eigenvalue weighted by atomic mass is 35.5. The second kappa shape index (κ2) is 9.39. The van der Waals surface area contributed by atoms with Crippen LogP contribution in [0.15, 0.2) is 36.8 Å². The van der Waals surface area contributed by atoms with Gasteiger partial charge in [0.2, 0.25) is 0 Å². The van der Waals surface area contributed by atoms with Crippen LogP contribution in [0.4, 0.5) is 10.6 Å². The molecule has 9 heteroatoms. The van der Waals surface area contributed by atoms with E-state index in [0.717, 1.165) is 25.7 Å². The lowest BCUT2D eigenvalue weighted by Crippen LogP contribution is -2.42. The smallest absolute Gasteiger partial charge is 0.407 e. The fourth-order valence-electron chi connectivity index (χ4n) is 4.09. The predicted octanol–water partition coefficient (Wildman–Crippen LogP) is 5.09. The monoisotopic (exact) mass is 469 g/mol. The van der Waals surface area contributed by atoms with E-state index in [4.69, 9.17) is 16.3 Å². The number of nitrogens with zero attached hydrogens (tertiary/aromatic N) is 2. The fraction of sp³-hybridized carbons (Fsp3) is 0.417. The van der Waals surface area contributed by atoms with Crippen LogP contribution in [-0.4, -0.2) is 44.5 Å². The highest BCUT2D eigenvalue weighted by molar-refractivity contribution is 6.35. The number of rotatable bonds is 5. The number of carbonyl (C=O) groups excluding carboxylic acids is 2. The van der Waals surface area contributed by atoms with Gasteiger partial charge in [-0.2, -0.15) is 0 Å². The molecule has 0 radical (unpaired) electrons. The number of ether oxygens (including phenoxy) is 1. The first-order valence-electron chi connectivity index (χ1n) is 11.1. The lowest BCUT2D eigenvalue weighted by Gasteiger charge is -2.30. The van der Waals surface area contributed by atoms with Crippen molar-refractivity contribution < 1.29 is 14.3 Å². The number of fused-ring (bicyclic) bond motifs is 1. The van der Waals surface area contributed by atoms with E-state index < -0.39 is 5.60 Å². The summed E-state index contributed by atoms with van der Waals surface area (Å²) in [6.45, 7) is 5.55. The molecule has 3 aromatic rings. The van der Waals surface area contributed by atoms with Gasteiger partial charge in [-0.15, -0.1) is 0 Å². The summed E-state index contributed by atoms with van der Waals surface area (Å²) in [7, 11) is 0. The van der Waals surface area contributed by atoms with E-state index >= 15 is 0 Å². The number of nitrogens with one attached hydrogen (secondary N) is 3. The molecule has 0 atom stereocenters. The van der Waals surface area contributed by atoms with Gasteiger partial charge < -0.3 is 20.4 Å². The summed E-state index contributed by atoms with van der Waals surface area (Å²) in [6, 6.07) is 7.22. The fourth-order valence-corrected chi connectivity index (χ4v) is 4.31. The second-order valence-corrected chi connectivity index (χ2v) is 9.70. The van der Waals surface area contributed by atoms with E-state index in [1.807, 2.05) is 20.8 Å². The Kier molecular flexibility index (Phi) is 6.56. The molecule has 3 N–H and O–H groups in total. The Morgan fingerprint density at radius 3 is 2.45 bits per heavy atom. The van der Waals surface area contributed by atoms with E-state index in [0.29, 0.717) is 33.0 Å². The number of anilines is 1. The molecule has 0 unspecified atom stereocenters. The number of H-pyrrole nitrogens is 1. The number of halogens is 1. The second-order valence-electron chi connectivity index (χ2n) is 9.30. The zero-order chi connectivity index (χ0) is 23.6. The number of hydrogen-bond donors (Lipinski definition) is 3. The molecule has 0 aliphatic heterocycles. The van der Waals surface area contributed by atoms with Gasteiger partial charge in [-0.1, -0.05) is 23.7 Å². The van der Waals surface area contributed by atoms with Crippen molar-refractivity contribution in [1.29, 1.82) is 0 Å². The van der Waals surface area contributed by atoms with Gasteiger partial charge in [-0.25, -0.2) is 14.8 Å². The molecule has 4 rings (SSSR count). The van der Waals surface area contributed by atoms with Gasteiger partial charge >= 0.3 is 6.09 Å². The molecule has 174 valence electrons. The Labute approximate surface area is 197 Å². The maximum Gasteiger partial charge on any atom is 0.407 e. The van der Waals surface area contributed by atoms with Crippen molar-refractivity contribution >= 4 is 40.3 Å². The van der Waals surface area contributed by atoms with Crippen molar-refractivity contribution in [2.45, 2.75) is 64.1 Å². The van der Waals surface area contributed by atoms with E-state index in [1.54, 1.807) is 30.5 Å². The van der Waals surface area contributed by atoms with Crippen LogP contribution in [0.3, 0.4) is 0 Å². The maximum absolute atomic E-state index is 13.2. The number of ketones is 1. The molecule has 1 fully saturated rings. The van der Waals surface area contributed by atoms with Crippen LogP contribution in [0.25, 0.3) is 11.0 Å². The number of hydrogen-bond acceptors (Lipinski definition) is 6. The van der Waals surface area contributed by atoms with Crippen molar-refractivity contribution in [2.75, 3.05) is 5.32 Å². The Bertz CT molecular complexity index is 1160. The Morgan fingerprint density at radius 2 is 1.76 bits per heavy atom. The zero-order valence-corrected chi connectivity index (χ0v) is 19.7. The first-order chi connectivity index (χ1) is 15.7. The minimum atomic E-state index is -0.517. The summed E-state index contributed by atoms with van der Waals surface area (Å²) in [5.74, 6) is 0.426. The molecular weight excluding hydrogens is 442 g/mol. The summed E-state index contributed by atoms with van der Waals surface area (Å²) < 4.78 is 5.36. The summed E-state index contributed by atoms with van der Waals surface area (Å²) in [4.78, 5) is 37.0. The molecule has 8 nitrogen and oxygen atoms in total. The first-order valence-corrected chi connectivity index (χ1v) is 11.5. The van der Waals surface area contributed by atoms with Gasteiger partial charge in [-0.05, 0) is 58.6 Å². The summed E-state index contributed by atoms with van der Waals surface area (Å²) in [5, 5.41) is 7.49. The number of aromatic nitrogens is 3. The normalized spacial score (nSPS) is 18.7. The number of amides is 1. The van der Waals surface area contributed by atoms with Crippen LogP contribution in [0.2, 0.25) is 5.02 Å². The SMILES string of the molecule is CC(C)(C)OC(=O)N[C@H]1CC[C@H](Nc2ncnc3[nH]cc(C(=O)c4ccccc4Cl)c23)CC1. The number of aromatic amines is 1. The molecule has 33 heavy (non-hydrogen) atoms. The molecule has 0 spiro atoms. The van der Waals surface area contributed by atoms with Gasteiger partial charge in [0.25, 0.3) is 0 Å². The van der Waals surface area contributed by atoms with Crippen LogP contribution in [-0.2, 0) is 4.74 Å². The lowest BCUT2D eigenvalue weighted by atomic mass is 9.91. The van der Waals surface area contributed by atoms with Crippen LogP contribution < -0.4 is 10.6 Å². The van der Waals surface area contributed by atoms with Gasteiger partial charge in [-0.3, -0.25) is 4.79 Å². The van der Waals surface area contributed by atoms with Gasteiger partial charge in [0.05, 0.1) is 16.0 Å². The number of benzene rings is 1. The molecule has 1 aliphatic rings. The lowest BCUT2D eigenvalue weighted by molar-refractivity contribution is 0.0492. The molecule has 0 bridgehead atoms. The highest BCUT2D eigenvalue weighted by Crippen LogP contribution is 2.30. The average Bonchev–Trinajstić information content (AvgIpc) is 3.19. The average molecular weight is 470 g/mol. The molecular formula is C24H28ClN5O3. The van der Waals surface area contributed by atoms with Gasteiger partial charge in [0, 0.05) is 23.8 Å². The minimum Gasteiger partial charge on any atom is -0.444 e. The van der Waals surface area contributed by atoms with Crippen molar-refractivity contribution in [2.24, 2.45) is 0 Å². The van der Waals surface area contributed by atoms with E-state index in [9.17, 15) is 9.59 Å². The first kappa shape index (κ1) is 23.0. The summed E-state index contributed by atoms with van der Waals surface area (Å²) in [6.07, 6.45) is 6.09. The number of alkyl carbamates (subject to hydrolysis) is 1. The van der Waals surface area contributed by atoms with E-state index in [-0.39, 0.29) is 24.0 Å². The molecule has 1 saturated carbocycles. The zero-order valence-electron chi connectivity index (χ0n) is 18.9. The van der Waals surface area contributed by atoms with Crippen molar-refractivity contribution in [1.82, 2.24) is 20.3 Å². The van der Waals surface area contributed by atoms with Crippen molar-refractivity contribution in [3.05, 3.63) is 52.9 Å². The molecule has 1 amide bonds. The number of carbonyl (C=O) groups is 2. The third-order valence-corrected chi connectivity index (χ3v) is 5.95. The highest BCUT2D eigenvalue weighted by Gasteiger charge is 2.26. The molecule has 2 heterocycles. The van der Waals surface area contributed by atoms with E-state index in [1.165, 1.54) is 6.33 Å². The van der Waals surface area contributed by atoms with E-state index in [2.05, 4.69) is 25.6 Å². The maximum atomic E-state index is 13.2. The quantitative estimate of drug-likeness (QED) is 0.449. The van der Waals surface area contributed by atoms with Gasteiger partial charge in [0.1, 0.15) is 23.4 Å². The van der Waals surface area contributed by atoms with Crippen LogP contribution in [0, 0.1) is 0 Å². The predicted molar refractivity (Wildman–Crippen MR) is 128 cm³/mol. The van der Waals surface area contributed by atoms with Crippen LogP contribution in [0.1, 0.15) is 62.4 Å². The molecule has 1 aliphatic carbocycles. The van der Waals surface area contributed by atoms with Crippen molar-refractivity contribution in [3.8, 4) is 0 Å². The van der Waals surface area contributed by atoms with Crippen molar-refractivity contribution in [3.63, 3.8) is 0 Å². The Balaban J connectivity index is 1.46. The largest absolute Gasteiger partial charge is 0.444 e. The minimum absolute atomic E-state index is 0.0768. The standard InChI is InChI=1S/C24H28ClN5O3/c1-24(2,3)33-23(32)30-15-10-8-14(9-11-15)29-22-19-17(12-26-21(19)27-13-28-22)20(31)16-6-4-5-7-18(16)25/h4-7,12-15H,8-11H2,1-3H3,(H,30,32)(H2,26,27,28,29)/t14-,15-. The third kappa shape index (κ3) is 5.45. The topological polar surface area (TPSA) is 109 Å². The molecule has 0 saturated heterocycles. The Hall–Kier alpha value is -3.13. The Morgan fingerprint density at radius 1 is 1.06 bits per heavy atom. The third-order valence-electron chi connectivity index (χ3n) is 5.62. The van der Waals surface area contributed by atoms with Crippen LogP contribution >= 0.6 is 11.6 Å². The summed E-state index contributed by atoms with van der Waals surface area (Å²) >= 11 is 6.25. The molecule has 1 aromatic carbocycles. The van der Waals surface area contributed by atoms with Gasteiger partial charge in [0.15, 0.2) is 5.78 Å².